The standard InChI is InChI=1S/C21H24N2O3/c1-15-12-17-4-2-3-5-19(17)23(15)21(24)18-6-9-22-20(13-18)26-14-16-7-10-25-11-8-16/h2-6,9,13,15-16H,7-8,10-12,14H2,1H3/t15-/m0/s1. The molecule has 1 aromatic heterocycles. The van der Waals surface area contributed by atoms with Crippen molar-refractivity contribution in [3.8, 4) is 5.88 Å². The van der Waals surface area contributed by atoms with Crippen LogP contribution >= 0.6 is 0 Å². The minimum Gasteiger partial charge on any atom is -0.477 e. The fourth-order valence-corrected chi connectivity index (χ4v) is 3.75. The van der Waals surface area contributed by atoms with Crippen molar-refractivity contribution in [1.29, 1.82) is 0 Å². The fraction of sp³-hybridized carbons (Fsp3) is 0.429. The number of benzene rings is 1. The molecule has 2 aromatic rings. The number of aromatic nitrogens is 1. The molecule has 0 N–H and O–H groups in total. The maximum Gasteiger partial charge on any atom is 0.258 e. The highest BCUT2D eigenvalue weighted by Crippen LogP contribution is 2.33. The largest absolute Gasteiger partial charge is 0.477 e. The number of nitrogens with zero attached hydrogens (tertiary/aromatic N) is 2. The van der Waals surface area contributed by atoms with E-state index in [0.29, 0.717) is 24.0 Å². The van der Waals surface area contributed by atoms with Gasteiger partial charge in [-0.2, -0.15) is 0 Å². The summed E-state index contributed by atoms with van der Waals surface area (Å²) in [4.78, 5) is 19.3. The van der Waals surface area contributed by atoms with E-state index < -0.39 is 0 Å². The van der Waals surface area contributed by atoms with Crippen LogP contribution in [0.1, 0.15) is 35.7 Å². The highest BCUT2D eigenvalue weighted by Gasteiger charge is 2.31. The van der Waals surface area contributed by atoms with Crippen molar-refractivity contribution in [3.63, 3.8) is 0 Å². The zero-order chi connectivity index (χ0) is 17.9. The summed E-state index contributed by atoms with van der Waals surface area (Å²) in [5.41, 5.74) is 2.84. The number of carbonyl (C=O) groups is 1. The number of pyridine rings is 1. The van der Waals surface area contributed by atoms with Crippen LogP contribution in [0.5, 0.6) is 5.88 Å². The molecule has 1 amide bonds. The molecule has 136 valence electrons. The second-order valence-electron chi connectivity index (χ2n) is 7.11. The normalized spacial score (nSPS) is 20.0. The Morgan fingerprint density at radius 2 is 2.08 bits per heavy atom. The number of carbonyl (C=O) groups excluding carboxylic acids is 1. The zero-order valence-corrected chi connectivity index (χ0v) is 15.1. The lowest BCUT2D eigenvalue weighted by molar-refractivity contribution is 0.0490. The number of rotatable bonds is 4. The maximum atomic E-state index is 13.1. The molecule has 26 heavy (non-hydrogen) atoms. The van der Waals surface area contributed by atoms with Gasteiger partial charge in [0.1, 0.15) is 0 Å². The molecule has 2 aliphatic heterocycles. The predicted molar refractivity (Wildman–Crippen MR) is 99.7 cm³/mol. The van der Waals surface area contributed by atoms with Crippen molar-refractivity contribution in [2.75, 3.05) is 24.7 Å². The van der Waals surface area contributed by atoms with E-state index in [2.05, 4.69) is 18.0 Å². The van der Waals surface area contributed by atoms with Gasteiger partial charge in [-0.05, 0) is 49.8 Å². The third-order valence-electron chi connectivity index (χ3n) is 5.22. The molecule has 0 unspecified atom stereocenters. The van der Waals surface area contributed by atoms with Gasteiger partial charge in [0.25, 0.3) is 5.91 Å². The van der Waals surface area contributed by atoms with Gasteiger partial charge in [-0.3, -0.25) is 4.79 Å². The number of amides is 1. The Labute approximate surface area is 153 Å². The molecule has 2 aliphatic rings. The van der Waals surface area contributed by atoms with Crippen molar-refractivity contribution < 1.29 is 14.3 Å². The van der Waals surface area contributed by atoms with Crippen molar-refractivity contribution in [2.24, 2.45) is 5.92 Å². The van der Waals surface area contributed by atoms with Crippen LogP contribution in [0.3, 0.4) is 0 Å². The van der Waals surface area contributed by atoms with Crippen LogP contribution in [0, 0.1) is 5.92 Å². The van der Waals surface area contributed by atoms with E-state index in [4.69, 9.17) is 9.47 Å². The summed E-state index contributed by atoms with van der Waals surface area (Å²) >= 11 is 0. The smallest absolute Gasteiger partial charge is 0.258 e. The van der Waals surface area contributed by atoms with Crippen LogP contribution in [0.25, 0.3) is 0 Å². The number of hydrogen-bond donors (Lipinski definition) is 0. The van der Waals surface area contributed by atoms with Gasteiger partial charge in [0.15, 0.2) is 0 Å². The number of anilines is 1. The van der Waals surface area contributed by atoms with Crippen molar-refractivity contribution in [2.45, 2.75) is 32.2 Å². The number of fused-ring (bicyclic) bond motifs is 1. The van der Waals surface area contributed by atoms with Crippen molar-refractivity contribution in [3.05, 3.63) is 53.7 Å². The van der Waals surface area contributed by atoms with Crippen LogP contribution in [-0.2, 0) is 11.2 Å². The summed E-state index contributed by atoms with van der Waals surface area (Å²) in [5, 5.41) is 0. The van der Waals surface area contributed by atoms with Crippen molar-refractivity contribution >= 4 is 11.6 Å². The summed E-state index contributed by atoms with van der Waals surface area (Å²) in [6.45, 7) is 4.30. The lowest BCUT2D eigenvalue weighted by Gasteiger charge is -2.23. The quantitative estimate of drug-likeness (QED) is 0.845. The summed E-state index contributed by atoms with van der Waals surface area (Å²) in [5.74, 6) is 1.01. The SMILES string of the molecule is C[C@H]1Cc2ccccc2N1C(=O)c1ccnc(OCC2CCOCC2)c1. The average molecular weight is 352 g/mol. The number of ether oxygens (including phenoxy) is 2. The molecule has 0 saturated carbocycles. The van der Waals surface area contributed by atoms with Gasteiger partial charge >= 0.3 is 0 Å². The molecule has 3 heterocycles. The third kappa shape index (κ3) is 3.44. The highest BCUT2D eigenvalue weighted by molar-refractivity contribution is 6.07. The third-order valence-corrected chi connectivity index (χ3v) is 5.22. The van der Waals surface area contributed by atoms with Gasteiger partial charge in [0.05, 0.1) is 6.61 Å². The maximum absolute atomic E-state index is 13.1. The minimum atomic E-state index is 0.000710. The summed E-state index contributed by atoms with van der Waals surface area (Å²) < 4.78 is 11.2. The average Bonchev–Trinajstić information content (AvgIpc) is 3.02. The fourth-order valence-electron chi connectivity index (χ4n) is 3.75. The van der Waals surface area contributed by atoms with E-state index in [-0.39, 0.29) is 11.9 Å². The molecule has 1 atom stereocenters. The van der Waals surface area contributed by atoms with E-state index >= 15 is 0 Å². The van der Waals surface area contributed by atoms with E-state index in [9.17, 15) is 4.79 Å². The molecular weight excluding hydrogens is 328 g/mol. The monoisotopic (exact) mass is 352 g/mol. The first kappa shape index (κ1) is 17.0. The summed E-state index contributed by atoms with van der Waals surface area (Å²) in [7, 11) is 0. The van der Waals surface area contributed by atoms with E-state index in [1.165, 1.54) is 5.56 Å². The molecule has 5 heteroatoms. The number of hydrogen-bond acceptors (Lipinski definition) is 4. The minimum absolute atomic E-state index is 0.000710. The first-order valence-corrected chi connectivity index (χ1v) is 9.30. The Bertz CT molecular complexity index is 786. The first-order chi connectivity index (χ1) is 12.7. The van der Waals surface area contributed by atoms with Crippen molar-refractivity contribution in [1.82, 2.24) is 4.98 Å². The van der Waals surface area contributed by atoms with Crippen LogP contribution in [0.4, 0.5) is 5.69 Å². The summed E-state index contributed by atoms with van der Waals surface area (Å²) in [6, 6.07) is 11.8. The van der Waals surface area contributed by atoms with Gasteiger partial charge in [-0.1, -0.05) is 18.2 Å². The van der Waals surface area contributed by atoms with E-state index in [1.807, 2.05) is 23.1 Å². The summed E-state index contributed by atoms with van der Waals surface area (Å²) in [6.07, 6.45) is 4.57. The first-order valence-electron chi connectivity index (χ1n) is 9.30. The Morgan fingerprint density at radius 3 is 2.92 bits per heavy atom. The molecule has 0 bridgehead atoms. The molecule has 1 saturated heterocycles. The van der Waals surface area contributed by atoms with Crippen LogP contribution < -0.4 is 9.64 Å². The van der Waals surface area contributed by atoms with Crippen LogP contribution in [-0.4, -0.2) is 36.8 Å². The zero-order valence-electron chi connectivity index (χ0n) is 15.1. The molecule has 0 aliphatic carbocycles. The second kappa shape index (κ2) is 7.46. The molecule has 0 spiro atoms. The molecule has 1 fully saturated rings. The predicted octanol–water partition coefficient (Wildman–Crippen LogP) is 3.48. The van der Waals surface area contributed by atoms with E-state index in [0.717, 1.165) is 38.2 Å². The molecular formula is C21H24N2O3. The molecule has 1 aromatic carbocycles. The van der Waals surface area contributed by atoms with Gasteiger partial charge in [-0.25, -0.2) is 4.98 Å². The lowest BCUT2D eigenvalue weighted by atomic mass is 10.0. The lowest BCUT2D eigenvalue weighted by Crippen LogP contribution is -2.35. The Balaban J connectivity index is 1.48. The topological polar surface area (TPSA) is 51.7 Å². The molecule has 4 rings (SSSR count). The Hall–Kier alpha value is -2.40. The van der Waals surface area contributed by atoms with Gasteiger partial charge in [0.2, 0.25) is 5.88 Å². The van der Waals surface area contributed by atoms with E-state index in [1.54, 1.807) is 18.3 Å². The molecule has 0 radical (unpaired) electrons. The number of para-hydroxylation sites is 1. The van der Waals surface area contributed by atoms with Gasteiger partial charge in [-0.15, -0.1) is 0 Å². The van der Waals surface area contributed by atoms with Gasteiger partial charge in [0, 0.05) is 42.8 Å². The Morgan fingerprint density at radius 1 is 1.27 bits per heavy atom. The second-order valence-corrected chi connectivity index (χ2v) is 7.11. The van der Waals surface area contributed by atoms with Crippen LogP contribution in [0.2, 0.25) is 0 Å². The Kier molecular flexibility index (Phi) is 4.89. The molecule has 5 nitrogen and oxygen atoms in total. The van der Waals surface area contributed by atoms with Gasteiger partial charge < -0.3 is 14.4 Å². The van der Waals surface area contributed by atoms with Crippen LogP contribution in [0.15, 0.2) is 42.6 Å². The highest BCUT2D eigenvalue weighted by atomic mass is 16.5.